The first-order chi connectivity index (χ1) is 13.8. The summed E-state index contributed by atoms with van der Waals surface area (Å²) in [7, 11) is 0. The number of hydrogen-bond donors (Lipinski definition) is 1. The number of ketones is 3. The highest BCUT2D eigenvalue weighted by molar-refractivity contribution is 6.54. The molecule has 0 aliphatic heterocycles. The van der Waals surface area contributed by atoms with Crippen molar-refractivity contribution in [2.24, 2.45) is 0 Å². The summed E-state index contributed by atoms with van der Waals surface area (Å²) in [6.07, 6.45) is 0.0363. The van der Waals surface area contributed by atoms with Gasteiger partial charge >= 0.3 is 5.97 Å². The number of fused-ring (bicyclic) bond motifs is 5. The van der Waals surface area contributed by atoms with Crippen LogP contribution in [0.5, 0.6) is 0 Å². The van der Waals surface area contributed by atoms with Gasteiger partial charge in [0.15, 0.2) is 17.3 Å². The topological polar surface area (TPSA) is 102 Å². The van der Waals surface area contributed by atoms with Gasteiger partial charge in [0.05, 0.1) is 0 Å². The second-order valence-electron chi connectivity index (χ2n) is 7.25. The molecular weight excluding hydrogens is 372 g/mol. The van der Waals surface area contributed by atoms with E-state index in [1.165, 1.54) is 0 Å². The first-order valence-corrected chi connectivity index (χ1v) is 9.31. The number of benzene rings is 2. The fourth-order valence-electron chi connectivity index (χ4n) is 3.96. The van der Waals surface area contributed by atoms with Gasteiger partial charge in [-0.25, -0.2) is 0 Å². The van der Waals surface area contributed by atoms with E-state index in [2.05, 4.69) is 0 Å². The molecule has 0 unspecified atom stereocenters. The van der Waals surface area contributed by atoms with E-state index in [9.17, 15) is 19.2 Å². The third kappa shape index (κ3) is 2.88. The van der Waals surface area contributed by atoms with Crippen LogP contribution in [0.25, 0.3) is 21.9 Å². The van der Waals surface area contributed by atoms with Crippen LogP contribution in [0.3, 0.4) is 0 Å². The first-order valence-electron chi connectivity index (χ1n) is 9.31. The summed E-state index contributed by atoms with van der Waals surface area (Å²) >= 11 is 0. The monoisotopic (exact) mass is 390 g/mol. The van der Waals surface area contributed by atoms with Gasteiger partial charge < -0.3 is 9.52 Å². The Kier molecular flexibility index (Phi) is 4.42. The van der Waals surface area contributed by atoms with Crippen LogP contribution in [-0.2, 0) is 4.79 Å². The molecule has 0 saturated carbocycles. The molecule has 1 aliphatic rings. The minimum Gasteiger partial charge on any atom is -0.481 e. The zero-order valence-corrected chi connectivity index (χ0v) is 16.0. The van der Waals surface area contributed by atoms with E-state index < -0.39 is 17.5 Å². The first kappa shape index (κ1) is 18.8. The number of hydrogen-bond acceptors (Lipinski definition) is 5. The molecule has 4 rings (SSSR count). The van der Waals surface area contributed by atoms with Crippen LogP contribution in [0.4, 0.5) is 0 Å². The average molecular weight is 390 g/mol. The predicted molar refractivity (Wildman–Crippen MR) is 106 cm³/mol. The molecule has 29 heavy (non-hydrogen) atoms. The summed E-state index contributed by atoms with van der Waals surface area (Å²) in [5.41, 5.74) is 2.87. The summed E-state index contributed by atoms with van der Waals surface area (Å²) < 4.78 is 5.56. The van der Waals surface area contributed by atoms with Gasteiger partial charge in [0, 0.05) is 29.5 Å². The molecule has 0 amide bonds. The third-order valence-corrected chi connectivity index (χ3v) is 5.38. The lowest BCUT2D eigenvalue weighted by atomic mass is 9.82. The molecule has 0 bridgehead atoms. The molecule has 0 spiro atoms. The largest absolute Gasteiger partial charge is 0.481 e. The number of carboxylic acids is 1. The Morgan fingerprint density at radius 2 is 1.69 bits per heavy atom. The van der Waals surface area contributed by atoms with Crippen molar-refractivity contribution in [1.29, 1.82) is 0 Å². The van der Waals surface area contributed by atoms with E-state index in [0.717, 1.165) is 10.9 Å². The van der Waals surface area contributed by atoms with Crippen molar-refractivity contribution in [2.75, 3.05) is 0 Å². The zero-order chi connectivity index (χ0) is 20.9. The Hall–Kier alpha value is -3.54. The van der Waals surface area contributed by atoms with Gasteiger partial charge in [0.2, 0.25) is 5.78 Å². The molecule has 0 atom stereocenters. The summed E-state index contributed by atoms with van der Waals surface area (Å²) in [5, 5.41) is 10.3. The maximum atomic E-state index is 12.9. The van der Waals surface area contributed by atoms with E-state index in [-0.39, 0.29) is 36.6 Å². The normalized spacial score (nSPS) is 12.8. The van der Waals surface area contributed by atoms with Gasteiger partial charge in [0.25, 0.3) is 5.78 Å². The van der Waals surface area contributed by atoms with Crippen LogP contribution in [-0.4, -0.2) is 28.4 Å². The molecule has 0 saturated heterocycles. The molecule has 6 nitrogen and oxygen atoms in total. The van der Waals surface area contributed by atoms with E-state index in [0.29, 0.717) is 27.6 Å². The van der Waals surface area contributed by atoms with E-state index in [1.54, 1.807) is 13.0 Å². The maximum Gasteiger partial charge on any atom is 0.303 e. The Bertz CT molecular complexity index is 1230. The van der Waals surface area contributed by atoms with Crippen molar-refractivity contribution >= 4 is 34.1 Å². The van der Waals surface area contributed by atoms with Gasteiger partial charge in [-0.05, 0) is 42.2 Å². The summed E-state index contributed by atoms with van der Waals surface area (Å²) in [6.45, 7) is 3.62. The summed E-state index contributed by atoms with van der Waals surface area (Å²) in [4.78, 5) is 48.9. The van der Waals surface area contributed by atoms with Gasteiger partial charge in [-0.15, -0.1) is 0 Å². The van der Waals surface area contributed by atoms with Gasteiger partial charge in [-0.2, -0.15) is 0 Å². The maximum absolute atomic E-state index is 12.9. The van der Waals surface area contributed by atoms with Gasteiger partial charge in [-0.3, -0.25) is 19.2 Å². The van der Waals surface area contributed by atoms with Gasteiger partial charge in [-0.1, -0.05) is 30.3 Å². The third-order valence-electron chi connectivity index (χ3n) is 5.38. The predicted octanol–water partition coefficient (Wildman–Crippen LogP) is 4.53. The van der Waals surface area contributed by atoms with Gasteiger partial charge in [0.1, 0.15) is 0 Å². The lowest BCUT2D eigenvalue weighted by Gasteiger charge is -2.17. The Balaban J connectivity index is 1.87. The number of aryl methyl sites for hydroxylation is 1. The van der Waals surface area contributed by atoms with Crippen molar-refractivity contribution in [3.8, 4) is 11.1 Å². The number of carbonyl (C=O) groups excluding carboxylic acids is 3. The van der Waals surface area contributed by atoms with Crippen molar-refractivity contribution in [1.82, 2.24) is 0 Å². The number of Topliss-reactive ketones (excluding diaryl/α,β-unsaturated/α-hetero) is 3. The second-order valence-corrected chi connectivity index (χ2v) is 7.25. The fourth-order valence-corrected chi connectivity index (χ4v) is 3.96. The number of carbonyl (C=O) groups is 4. The van der Waals surface area contributed by atoms with Crippen LogP contribution < -0.4 is 0 Å². The molecular formula is C23H18O6. The molecule has 0 fully saturated rings. The standard InChI is InChI=1S/C23H18O6/c1-11-5-3-6-14-13(11)9-10-15-18-12(2)22(16(24)7-4-8-17(25)26)29-23(18)21(28)20(27)19(14)15/h3,5-6,9-10H,4,7-8H2,1-2H3,(H,25,26). The van der Waals surface area contributed by atoms with Crippen molar-refractivity contribution < 1.29 is 28.7 Å². The second kappa shape index (κ2) is 6.81. The molecule has 1 heterocycles. The lowest BCUT2D eigenvalue weighted by molar-refractivity contribution is -0.137. The summed E-state index contributed by atoms with van der Waals surface area (Å²) in [5.74, 6) is -2.88. The number of rotatable bonds is 5. The SMILES string of the molecule is Cc1c(C(=O)CCCC(=O)O)oc2c1-c1ccc3c(C)cccc3c1C(=O)C2=O. The average Bonchev–Trinajstić information content (AvgIpc) is 3.03. The molecule has 3 aromatic rings. The smallest absolute Gasteiger partial charge is 0.303 e. The molecule has 1 N–H and O–H groups in total. The molecule has 2 aromatic carbocycles. The van der Waals surface area contributed by atoms with Crippen molar-refractivity contribution in [3.05, 3.63) is 58.5 Å². The fraction of sp³-hybridized carbons (Fsp3) is 0.217. The number of aliphatic carboxylic acids is 1. The van der Waals surface area contributed by atoms with Crippen LogP contribution in [0.15, 0.2) is 34.7 Å². The highest BCUT2D eigenvalue weighted by Crippen LogP contribution is 2.42. The minimum absolute atomic E-state index is 0.00849. The highest BCUT2D eigenvalue weighted by atomic mass is 16.4. The van der Waals surface area contributed by atoms with Crippen LogP contribution >= 0.6 is 0 Å². The Morgan fingerprint density at radius 3 is 2.41 bits per heavy atom. The molecule has 0 radical (unpaired) electrons. The Labute approximate surface area is 166 Å². The molecule has 1 aromatic heterocycles. The van der Waals surface area contributed by atoms with E-state index >= 15 is 0 Å². The molecule has 6 heteroatoms. The van der Waals surface area contributed by atoms with Crippen molar-refractivity contribution in [3.63, 3.8) is 0 Å². The molecule has 1 aliphatic carbocycles. The quantitative estimate of drug-likeness (QED) is 0.507. The summed E-state index contributed by atoms with van der Waals surface area (Å²) in [6, 6.07) is 9.27. The number of furan rings is 1. The van der Waals surface area contributed by atoms with Crippen LogP contribution in [0.1, 0.15) is 61.9 Å². The number of carboxylic acid groups (broad SMARTS) is 1. The lowest BCUT2D eigenvalue weighted by Crippen LogP contribution is -2.20. The van der Waals surface area contributed by atoms with Crippen molar-refractivity contribution in [2.45, 2.75) is 33.1 Å². The van der Waals surface area contributed by atoms with Crippen LogP contribution in [0.2, 0.25) is 0 Å². The zero-order valence-electron chi connectivity index (χ0n) is 16.0. The van der Waals surface area contributed by atoms with E-state index in [4.69, 9.17) is 9.52 Å². The van der Waals surface area contributed by atoms with E-state index in [1.807, 2.05) is 31.2 Å². The Morgan fingerprint density at radius 1 is 0.931 bits per heavy atom. The highest BCUT2D eigenvalue weighted by Gasteiger charge is 2.38. The molecule has 146 valence electrons. The minimum atomic E-state index is -0.981. The van der Waals surface area contributed by atoms with Crippen LogP contribution in [0, 0.1) is 13.8 Å².